The predicted molar refractivity (Wildman–Crippen MR) is 54.2 cm³/mol. The summed E-state index contributed by atoms with van der Waals surface area (Å²) in [7, 11) is -4.19. The predicted octanol–water partition coefficient (Wildman–Crippen LogP) is 1.85. The highest BCUT2D eigenvalue weighted by Crippen LogP contribution is 2.27. The maximum absolute atomic E-state index is 11.1. The van der Waals surface area contributed by atoms with E-state index >= 15 is 0 Å². The Morgan fingerprint density at radius 2 is 2.14 bits per heavy atom. The van der Waals surface area contributed by atoms with Crippen LogP contribution in [-0.4, -0.2) is 18.0 Å². The van der Waals surface area contributed by atoms with Gasteiger partial charge in [-0.3, -0.25) is 4.55 Å². The van der Waals surface area contributed by atoms with E-state index in [0.29, 0.717) is 11.1 Å². The molecule has 1 aromatic heterocycles. The molecule has 0 fully saturated rings. The molecule has 0 aliphatic carbocycles. The van der Waals surface area contributed by atoms with Crippen LogP contribution in [0.1, 0.15) is 5.56 Å². The zero-order valence-electron chi connectivity index (χ0n) is 7.26. The number of aromatic nitrogens is 1. The zero-order chi connectivity index (χ0) is 10.3. The molecule has 2 aromatic rings. The second-order valence-electron chi connectivity index (χ2n) is 2.89. The molecule has 0 aliphatic heterocycles. The van der Waals surface area contributed by atoms with E-state index in [9.17, 15) is 8.42 Å². The lowest BCUT2D eigenvalue weighted by Gasteiger charge is -2.02. The average Bonchev–Trinajstić information content (AvgIpc) is 2.48. The van der Waals surface area contributed by atoms with E-state index in [-0.39, 0.29) is 4.90 Å². The van der Waals surface area contributed by atoms with Gasteiger partial charge in [-0.25, -0.2) is 4.98 Å². The Morgan fingerprint density at radius 3 is 2.79 bits per heavy atom. The fraction of sp³-hybridized carbons (Fsp3) is 0.125. The van der Waals surface area contributed by atoms with Crippen LogP contribution in [0.2, 0.25) is 0 Å². The lowest BCUT2D eigenvalue weighted by molar-refractivity contribution is 0.483. The molecule has 0 saturated heterocycles. The molecule has 1 N–H and O–H groups in total. The number of thiazole rings is 1. The van der Waals surface area contributed by atoms with Crippen molar-refractivity contribution in [1.29, 1.82) is 0 Å². The molecule has 14 heavy (non-hydrogen) atoms. The van der Waals surface area contributed by atoms with Crippen molar-refractivity contribution in [2.45, 2.75) is 11.8 Å². The third kappa shape index (κ3) is 1.41. The van der Waals surface area contributed by atoms with Crippen molar-refractivity contribution in [1.82, 2.24) is 4.98 Å². The summed E-state index contributed by atoms with van der Waals surface area (Å²) in [4.78, 5) is 3.84. The molecule has 1 aromatic carbocycles. The number of rotatable bonds is 1. The minimum atomic E-state index is -4.19. The molecular weight excluding hydrogens is 222 g/mol. The van der Waals surface area contributed by atoms with Crippen molar-refractivity contribution >= 4 is 31.7 Å². The molecule has 0 unspecified atom stereocenters. The Kier molecular flexibility index (Phi) is 2.06. The molecule has 0 radical (unpaired) electrons. The summed E-state index contributed by atoms with van der Waals surface area (Å²) in [6, 6.07) is 3.45. The molecule has 6 heteroatoms. The number of benzene rings is 1. The van der Waals surface area contributed by atoms with Crippen molar-refractivity contribution in [2.75, 3.05) is 0 Å². The first-order chi connectivity index (χ1) is 6.50. The molecule has 0 saturated carbocycles. The number of fused-ring (bicyclic) bond motifs is 1. The molecule has 2 rings (SSSR count). The van der Waals surface area contributed by atoms with Crippen molar-refractivity contribution in [2.24, 2.45) is 0 Å². The van der Waals surface area contributed by atoms with Crippen molar-refractivity contribution in [3.05, 3.63) is 23.2 Å². The van der Waals surface area contributed by atoms with E-state index in [0.717, 1.165) is 4.70 Å². The van der Waals surface area contributed by atoms with Gasteiger partial charge in [0.15, 0.2) is 0 Å². The lowest BCUT2D eigenvalue weighted by atomic mass is 10.2. The lowest BCUT2D eigenvalue weighted by Crippen LogP contribution is -2.01. The first kappa shape index (κ1) is 9.57. The zero-order valence-corrected chi connectivity index (χ0v) is 8.89. The van der Waals surface area contributed by atoms with Gasteiger partial charge in [-0.1, -0.05) is 6.07 Å². The van der Waals surface area contributed by atoms with Gasteiger partial charge in [0.05, 0.1) is 10.2 Å². The van der Waals surface area contributed by atoms with Crippen LogP contribution < -0.4 is 0 Å². The summed E-state index contributed by atoms with van der Waals surface area (Å²) in [6.45, 7) is 1.63. The largest absolute Gasteiger partial charge is 0.296 e. The third-order valence-electron chi connectivity index (χ3n) is 1.91. The summed E-state index contributed by atoms with van der Waals surface area (Å²) in [5, 5.41) is 0. The first-order valence-electron chi connectivity index (χ1n) is 3.80. The number of nitrogens with zero attached hydrogens (tertiary/aromatic N) is 1. The van der Waals surface area contributed by atoms with E-state index < -0.39 is 10.1 Å². The summed E-state index contributed by atoms with van der Waals surface area (Å²) in [5.74, 6) is 0. The van der Waals surface area contributed by atoms with Crippen LogP contribution in [0.25, 0.3) is 10.2 Å². The Labute approximate surface area is 85.0 Å². The summed E-state index contributed by atoms with van der Waals surface area (Å²) < 4.78 is 31.9. The van der Waals surface area contributed by atoms with Gasteiger partial charge < -0.3 is 0 Å². The van der Waals surface area contributed by atoms with E-state index in [1.165, 1.54) is 11.3 Å². The van der Waals surface area contributed by atoms with Gasteiger partial charge in [0.25, 0.3) is 10.1 Å². The maximum atomic E-state index is 11.1. The van der Waals surface area contributed by atoms with Crippen molar-refractivity contribution in [3.8, 4) is 0 Å². The molecule has 4 nitrogen and oxygen atoms in total. The third-order valence-corrected chi connectivity index (χ3v) is 3.74. The maximum Gasteiger partial charge on any atom is 0.296 e. The fourth-order valence-corrected chi connectivity index (χ4v) is 2.96. The smallest absolute Gasteiger partial charge is 0.282 e. The van der Waals surface area contributed by atoms with E-state index in [1.807, 2.05) is 0 Å². The number of aryl methyl sites for hydroxylation is 1. The van der Waals surface area contributed by atoms with Gasteiger partial charge in [-0.05, 0) is 18.6 Å². The molecule has 0 bridgehead atoms. The van der Waals surface area contributed by atoms with Crippen LogP contribution in [0.15, 0.2) is 22.5 Å². The second kappa shape index (κ2) is 3.01. The highest BCUT2D eigenvalue weighted by Gasteiger charge is 2.18. The second-order valence-corrected chi connectivity index (χ2v) is 5.13. The quantitative estimate of drug-likeness (QED) is 0.758. The van der Waals surface area contributed by atoms with Gasteiger partial charge in [0.2, 0.25) is 0 Å². The number of hydrogen-bond donors (Lipinski definition) is 1. The molecular formula is C8H7NO3S2. The summed E-state index contributed by atoms with van der Waals surface area (Å²) >= 11 is 1.34. The minimum Gasteiger partial charge on any atom is -0.282 e. The topological polar surface area (TPSA) is 67.3 Å². The monoisotopic (exact) mass is 229 g/mol. The van der Waals surface area contributed by atoms with E-state index in [1.54, 1.807) is 24.6 Å². The molecule has 1 heterocycles. The van der Waals surface area contributed by atoms with Crippen LogP contribution >= 0.6 is 11.3 Å². The average molecular weight is 229 g/mol. The molecule has 0 amide bonds. The molecule has 74 valence electrons. The van der Waals surface area contributed by atoms with E-state index in [4.69, 9.17) is 4.55 Å². The fourth-order valence-electron chi connectivity index (χ4n) is 1.33. The van der Waals surface area contributed by atoms with Crippen molar-refractivity contribution < 1.29 is 13.0 Å². The van der Waals surface area contributed by atoms with Gasteiger partial charge in [0, 0.05) is 0 Å². The Balaban J connectivity index is 2.98. The molecule has 0 spiro atoms. The Morgan fingerprint density at radius 1 is 1.43 bits per heavy atom. The van der Waals surface area contributed by atoms with Crippen LogP contribution in [0.3, 0.4) is 0 Å². The first-order valence-corrected chi connectivity index (χ1v) is 6.12. The van der Waals surface area contributed by atoms with Gasteiger partial charge in [-0.15, -0.1) is 11.3 Å². The highest BCUT2D eigenvalue weighted by atomic mass is 32.2. The Hall–Kier alpha value is -0.980. The molecule has 0 atom stereocenters. The van der Waals surface area contributed by atoms with Crippen LogP contribution in [0.5, 0.6) is 0 Å². The Bertz CT molecular complexity index is 586. The van der Waals surface area contributed by atoms with Crippen LogP contribution in [0, 0.1) is 6.92 Å². The number of hydrogen-bond acceptors (Lipinski definition) is 4. The standard InChI is InChI=1S/C8H7NO3S2/c1-5-2-3-6-7(9-4-13-6)8(5)14(10,11)12/h2-4H,1H3,(H,10,11,12). The highest BCUT2D eigenvalue weighted by molar-refractivity contribution is 7.86. The van der Waals surface area contributed by atoms with E-state index in [2.05, 4.69) is 4.98 Å². The van der Waals surface area contributed by atoms with Gasteiger partial charge >= 0.3 is 0 Å². The normalized spacial score (nSPS) is 12.1. The summed E-state index contributed by atoms with van der Waals surface area (Å²) in [5.41, 5.74) is 2.40. The minimum absolute atomic E-state index is 0.0868. The molecule has 0 aliphatic rings. The van der Waals surface area contributed by atoms with Crippen LogP contribution in [-0.2, 0) is 10.1 Å². The van der Waals surface area contributed by atoms with Crippen LogP contribution in [0.4, 0.5) is 0 Å². The summed E-state index contributed by atoms with van der Waals surface area (Å²) in [6.07, 6.45) is 0. The van der Waals surface area contributed by atoms with Gasteiger partial charge in [-0.2, -0.15) is 8.42 Å². The van der Waals surface area contributed by atoms with Gasteiger partial charge in [0.1, 0.15) is 10.4 Å². The SMILES string of the molecule is Cc1ccc2scnc2c1S(=O)(=O)O. The van der Waals surface area contributed by atoms with Crippen molar-refractivity contribution in [3.63, 3.8) is 0 Å².